The van der Waals surface area contributed by atoms with Gasteiger partial charge in [-0.3, -0.25) is 0 Å². The number of hydrogen-bond donors (Lipinski definition) is 1. The molecule has 0 aliphatic heterocycles. The van der Waals surface area contributed by atoms with Crippen molar-refractivity contribution in [2.45, 2.75) is 31.3 Å². The highest BCUT2D eigenvalue weighted by Crippen LogP contribution is 2.62. The second-order valence-corrected chi connectivity index (χ2v) is 5.95. The van der Waals surface area contributed by atoms with E-state index in [9.17, 15) is 5.11 Å². The lowest BCUT2D eigenvalue weighted by atomic mass is 9.95. The molecule has 1 nitrogen and oxygen atoms in total. The van der Waals surface area contributed by atoms with E-state index < -0.39 is 0 Å². The predicted octanol–water partition coefficient (Wildman–Crippen LogP) is 3.54. The topological polar surface area (TPSA) is 20.2 Å². The van der Waals surface area contributed by atoms with E-state index in [2.05, 4.69) is 42.5 Å². The molecule has 2 aromatic rings. The van der Waals surface area contributed by atoms with Crippen LogP contribution in [-0.4, -0.2) is 10.7 Å². The molecule has 2 aliphatic rings. The Balaban J connectivity index is 1.72. The molecule has 0 bridgehead atoms. The van der Waals surface area contributed by atoms with E-state index in [-0.39, 0.29) is 5.60 Å². The fraction of sp³-hybridized carbons (Fsp3) is 0.412. The van der Waals surface area contributed by atoms with Gasteiger partial charge in [-0.2, -0.15) is 0 Å². The van der Waals surface area contributed by atoms with Crippen LogP contribution >= 0.6 is 0 Å². The van der Waals surface area contributed by atoms with Gasteiger partial charge in [-0.15, -0.1) is 0 Å². The normalized spacial score (nSPS) is 33.6. The third kappa shape index (κ3) is 1.37. The van der Waals surface area contributed by atoms with Gasteiger partial charge in [-0.1, -0.05) is 48.9 Å². The zero-order valence-corrected chi connectivity index (χ0v) is 10.5. The summed E-state index contributed by atoms with van der Waals surface area (Å²) in [6.45, 7) is 0. The largest absolute Gasteiger partial charge is 0.389 e. The second kappa shape index (κ2) is 3.58. The molecule has 1 heteroatoms. The molecule has 0 radical (unpaired) electrons. The summed E-state index contributed by atoms with van der Waals surface area (Å²) in [4.78, 5) is 0. The van der Waals surface area contributed by atoms with Gasteiger partial charge in [0.15, 0.2) is 0 Å². The van der Waals surface area contributed by atoms with Gasteiger partial charge in [0, 0.05) is 6.42 Å². The van der Waals surface area contributed by atoms with Crippen molar-refractivity contribution in [3.8, 4) is 0 Å². The van der Waals surface area contributed by atoms with Gasteiger partial charge in [0.1, 0.15) is 0 Å². The molecule has 4 rings (SSSR count). The van der Waals surface area contributed by atoms with Gasteiger partial charge >= 0.3 is 0 Å². The van der Waals surface area contributed by atoms with Crippen LogP contribution in [0.15, 0.2) is 42.5 Å². The van der Waals surface area contributed by atoms with Crippen LogP contribution in [-0.2, 0) is 6.42 Å². The lowest BCUT2D eigenvalue weighted by molar-refractivity contribution is 0.107. The number of aliphatic hydroxyl groups is 1. The highest BCUT2D eigenvalue weighted by atomic mass is 16.3. The monoisotopic (exact) mass is 238 g/mol. The minimum absolute atomic E-state index is 0.387. The highest BCUT2D eigenvalue weighted by Gasteiger charge is 2.64. The van der Waals surface area contributed by atoms with Gasteiger partial charge in [0.25, 0.3) is 0 Å². The second-order valence-electron chi connectivity index (χ2n) is 5.95. The van der Waals surface area contributed by atoms with Crippen molar-refractivity contribution >= 4 is 10.8 Å². The van der Waals surface area contributed by atoms with E-state index >= 15 is 0 Å². The van der Waals surface area contributed by atoms with Crippen LogP contribution in [0, 0.1) is 11.8 Å². The molecular formula is C17H18O. The summed E-state index contributed by atoms with van der Waals surface area (Å²) in [5, 5.41) is 13.3. The van der Waals surface area contributed by atoms with Crippen molar-refractivity contribution in [2.24, 2.45) is 11.8 Å². The zero-order chi connectivity index (χ0) is 12.2. The van der Waals surface area contributed by atoms with Gasteiger partial charge in [0.2, 0.25) is 0 Å². The van der Waals surface area contributed by atoms with Gasteiger partial charge < -0.3 is 5.11 Å². The molecule has 2 aliphatic carbocycles. The first-order chi connectivity index (χ1) is 8.79. The van der Waals surface area contributed by atoms with E-state index in [1.165, 1.54) is 35.6 Å². The standard InChI is InChI=1S/C17H18O/c18-17(15-9-4-10-16(15)17)11-13-7-3-6-12-5-1-2-8-14(12)13/h1-3,5-8,15-16,18H,4,9-11H2. The number of hydrogen-bond acceptors (Lipinski definition) is 1. The molecule has 2 saturated carbocycles. The van der Waals surface area contributed by atoms with Crippen molar-refractivity contribution in [1.82, 2.24) is 0 Å². The Morgan fingerprint density at radius 3 is 2.56 bits per heavy atom. The fourth-order valence-electron chi connectivity index (χ4n) is 4.06. The first-order valence-electron chi connectivity index (χ1n) is 6.98. The molecule has 0 aromatic heterocycles. The highest BCUT2D eigenvalue weighted by molar-refractivity contribution is 5.85. The van der Waals surface area contributed by atoms with Crippen LogP contribution in [0.25, 0.3) is 10.8 Å². The van der Waals surface area contributed by atoms with Crippen molar-refractivity contribution < 1.29 is 5.11 Å². The van der Waals surface area contributed by atoms with Crippen LogP contribution in [0.4, 0.5) is 0 Å². The Labute approximate surface area is 107 Å². The van der Waals surface area contributed by atoms with E-state index in [0.717, 1.165) is 6.42 Å². The summed E-state index contributed by atoms with van der Waals surface area (Å²) in [6.07, 6.45) is 4.61. The third-order valence-corrected chi connectivity index (χ3v) is 5.04. The number of benzene rings is 2. The van der Waals surface area contributed by atoms with E-state index in [1.807, 2.05) is 0 Å². The predicted molar refractivity (Wildman–Crippen MR) is 73.4 cm³/mol. The maximum absolute atomic E-state index is 10.7. The summed E-state index contributed by atoms with van der Waals surface area (Å²) in [5.74, 6) is 1.16. The molecule has 18 heavy (non-hydrogen) atoms. The Kier molecular flexibility index (Phi) is 2.10. The molecule has 1 N–H and O–H groups in total. The Morgan fingerprint density at radius 2 is 1.72 bits per heavy atom. The smallest absolute Gasteiger partial charge is 0.0751 e. The van der Waals surface area contributed by atoms with Crippen LogP contribution in [0.3, 0.4) is 0 Å². The Hall–Kier alpha value is -1.34. The Bertz CT molecular complexity index is 586. The molecule has 2 atom stereocenters. The van der Waals surface area contributed by atoms with Crippen molar-refractivity contribution in [3.63, 3.8) is 0 Å². The fourth-order valence-corrected chi connectivity index (χ4v) is 4.06. The summed E-state index contributed by atoms with van der Waals surface area (Å²) in [7, 11) is 0. The molecule has 2 aromatic carbocycles. The van der Waals surface area contributed by atoms with Crippen LogP contribution in [0.1, 0.15) is 24.8 Å². The Morgan fingerprint density at radius 1 is 1.00 bits per heavy atom. The lowest BCUT2D eigenvalue weighted by Gasteiger charge is -2.15. The molecule has 0 spiro atoms. The molecule has 2 fully saturated rings. The average Bonchev–Trinajstić information content (AvgIpc) is 2.81. The lowest BCUT2D eigenvalue weighted by Crippen LogP contribution is -2.19. The van der Waals surface area contributed by atoms with Gasteiger partial charge in [0.05, 0.1) is 5.60 Å². The van der Waals surface area contributed by atoms with Crippen molar-refractivity contribution in [2.75, 3.05) is 0 Å². The minimum Gasteiger partial charge on any atom is -0.389 e. The number of fused-ring (bicyclic) bond motifs is 2. The van der Waals surface area contributed by atoms with Crippen LogP contribution in [0.2, 0.25) is 0 Å². The third-order valence-electron chi connectivity index (χ3n) is 5.04. The SMILES string of the molecule is OC1(Cc2cccc3ccccc23)C2CCCC21. The summed E-state index contributed by atoms with van der Waals surface area (Å²) in [5.41, 5.74) is 0.924. The maximum atomic E-state index is 10.7. The zero-order valence-electron chi connectivity index (χ0n) is 10.5. The summed E-state index contributed by atoms with van der Waals surface area (Å²) < 4.78 is 0. The van der Waals surface area contributed by atoms with Crippen molar-refractivity contribution in [3.05, 3.63) is 48.0 Å². The van der Waals surface area contributed by atoms with E-state index in [4.69, 9.17) is 0 Å². The molecular weight excluding hydrogens is 220 g/mol. The van der Waals surface area contributed by atoms with Crippen LogP contribution in [0.5, 0.6) is 0 Å². The molecule has 0 heterocycles. The average molecular weight is 238 g/mol. The number of rotatable bonds is 2. The minimum atomic E-state index is -0.387. The first kappa shape index (κ1) is 10.6. The van der Waals surface area contributed by atoms with E-state index in [0.29, 0.717) is 11.8 Å². The molecule has 0 amide bonds. The van der Waals surface area contributed by atoms with Gasteiger partial charge in [-0.05, 0) is 41.0 Å². The maximum Gasteiger partial charge on any atom is 0.0751 e. The molecule has 0 saturated heterocycles. The summed E-state index contributed by atoms with van der Waals surface area (Å²) in [6, 6.07) is 14.9. The first-order valence-corrected chi connectivity index (χ1v) is 6.98. The molecule has 2 unspecified atom stereocenters. The van der Waals surface area contributed by atoms with Crippen LogP contribution < -0.4 is 0 Å². The quantitative estimate of drug-likeness (QED) is 0.848. The van der Waals surface area contributed by atoms with E-state index in [1.54, 1.807) is 0 Å². The summed E-state index contributed by atoms with van der Waals surface area (Å²) >= 11 is 0. The molecule has 92 valence electrons. The van der Waals surface area contributed by atoms with Gasteiger partial charge in [-0.25, -0.2) is 0 Å². The van der Waals surface area contributed by atoms with Crippen molar-refractivity contribution in [1.29, 1.82) is 0 Å².